The minimum Gasteiger partial charge on any atom is -0.472 e. The van der Waals surface area contributed by atoms with Crippen LogP contribution in [0.3, 0.4) is 0 Å². The Morgan fingerprint density at radius 1 is 1.20 bits per heavy atom. The Balaban J connectivity index is 0.000000186. The van der Waals surface area contributed by atoms with Gasteiger partial charge in [0, 0.05) is 62.3 Å². The number of aryl methyl sites for hydroxylation is 1. The van der Waals surface area contributed by atoms with Gasteiger partial charge in [-0.25, -0.2) is 9.97 Å². The number of nitrogens with zero attached hydrogens (tertiary/aromatic N) is 6. The summed E-state index contributed by atoms with van der Waals surface area (Å²) in [7, 11) is 3.73. The quantitative estimate of drug-likeness (QED) is 0.0949. The molecule has 1 aromatic carbocycles. The highest BCUT2D eigenvalue weighted by Crippen LogP contribution is 2.33. The number of nitrogens with two attached hydrogens (primary N) is 1. The zero-order valence-corrected chi connectivity index (χ0v) is 26.2. The van der Waals surface area contributed by atoms with Gasteiger partial charge in [0.25, 0.3) is 5.95 Å². The lowest BCUT2D eigenvalue weighted by molar-refractivity contribution is -0.108. The summed E-state index contributed by atoms with van der Waals surface area (Å²) in [5.74, 6) is 2.02. The highest BCUT2D eigenvalue weighted by atomic mass is 16.5. The molecule has 236 valence electrons. The molecule has 0 amide bonds. The van der Waals surface area contributed by atoms with E-state index in [1.807, 2.05) is 46.3 Å². The van der Waals surface area contributed by atoms with E-state index >= 15 is 0 Å². The number of aromatic amines is 1. The summed E-state index contributed by atoms with van der Waals surface area (Å²) in [5, 5.41) is 10.6. The second-order valence-electron chi connectivity index (χ2n) is 11.1. The molecule has 0 spiro atoms. The van der Waals surface area contributed by atoms with E-state index in [1.54, 1.807) is 24.7 Å². The molecule has 4 heterocycles. The fourth-order valence-electron chi connectivity index (χ4n) is 5.01. The van der Waals surface area contributed by atoms with Crippen LogP contribution < -0.4 is 26.4 Å². The first-order valence-corrected chi connectivity index (χ1v) is 15.1. The van der Waals surface area contributed by atoms with Crippen LogP contribution in [0.1, 0.15) is 31.7 Å². The summed E-state index contributed by atoms with van der Waals surface area (Å²) in [6.45, 7) is 6.06. The molecule has 45 heavy (non-hydrogen) atoms. The average Bonchev–Trinajstić information content (AvgIpc) is 3.57. The molecule has 1 atom stereocenters. The third kappa shape index (κ3) is 8.32. The number of aldehydes is 1. The maximum absolute atomic E-state index is 10.5. The zero-order valence-electron chi connectivity index (χ0n) is 26.2. The Kier molecular flexibility index (Phi) is 10.2. The highest BCUT2D eigenvalue weighted by molar-refractivity contribution is 6.01. The van der Waals surface area contributed by atoms with E-state index in [1.165, 1.54) is 12.8 Å². The molecule has 3 aromatic heterocycles. The molecule has 13 heteroatoms. The largest absolute Gasteiger partial charge is 0.472 e. The van der Waals surface area contributed by atoms with Gasteiger partial charge in [-0.3, -0.25) is 9.88 Å². The molecule has 0 radical (unpaired) electrons. The molecule has 1 saturated carbocycles. The lowest BCUT2D eigenvalue weighted by Crippen LogP contribution is -2.26. The smallest absolute Gasteiger partial charge is 0.251 e. The predicted molar refractivity (Wildman–Crippen MR) is 178 cm³/mol. The fourth-order valence-corrected chi connectivity index (χ4v) is 5.01. The van der Waals surface area contributed by atoms with E-state index in [9.17, 15) is 4.79 Å². The number of carbonyl (C=O) groups excluding carboxylic acids is 1. The Morgan fingerprint density at radius 3 is 2.80 bits per heavy atom. The average molecular weight is 612 g/mol. The number of aliphatic imine (C=N–C) groups is 1. The number of rotatable bonds is 11. The lowest BCUT2D eigenvalue weighted by atomic mass is 10.1. The van der Waals surface area contributed by atoms with Gasteiger partial charge in [-0.1, -0.05) is 12.1 Å². The molecule has 4 aromatic rings. The third-order valence-electron chi connectivity index (χ3n) is 7.58. The van der Waals surface area contributed by atoms with Gasteiger partial charge in [0.05, 0.1) is 35.8 Å². The zero-order chi connectivity index (χ0) is 31.8. The first kappa shape index (κ1) is 31.4. The summed E-state index contributed by atoms with van der Waals surface area (Å²) in [5.41, 5.74) is 11.8. The van der Waals surface area contributed by atoms with E-state index in [0.29, 0.717) is 30.3 Å². The van der Waals surface area contributed by atoms with Gasteiger partial charge >= 0.3 is 0 Å². The first-order valence-electron chi connectivity index (χ1n) is 15.1. The van der Waals surface area contributed by atoms with Gasteiger partial charge in [0.2, 0.25) is 5.88 Å². The normalized spacial score (nSPS) is 17.0. The van der Waals surface area contributed by atoms with Gasteiger partial charge in [-0.2, -0.15) is 9.98 Å². The van der Waals surface area contributed by atoms with Crippen LogP contribution in [0.25, 0.3) is 22.2 Å². The van der Waals surface area contributed by atoms with E-state index in [4.69, 9.17) is 10.5 Å². The minimum absolute atomic E-state index is 0.102. The van der Waals surface area contributed by atoms with E-state index in [-0.39, 0.29) is 6.10 Å². The number of amidine groups is 1. The van der Waals surface area contributed by atoms with Crippen LogP contribution in [0.2, 0.25) is 0 Å². The molecule has 6 N–H and O–H groups in total. The van der Waals surface area contributed by atoms with Crippen LogP contribution in [0.4, 0.5) is 17.5 Å². The number of hydrogen-bond donors (Lipinski definition) is 5. The van der Waals surface area contributed by atoms with Crippen molar-refractivity contribution in [1.82, 2.24) is 35.1 Å². The first-order chi connectivity index (χ1) is 21.9. The number of aromatic nitrogens is 5. The van der Waals surface area contributed by atoms with Crippen LogP contribution in [0.5, 0.6) is 5.88 Å². The van der Waals surface area contributed by atoms with Crippen molar-refractivity contribution >= 4 is 40.5 Å². The van der Waals surface area contributed by atoms with Crippen molar-refractivity contribution in [3.63, 3.8) is 0 Å². The van der Waals surface area contributed by atoms with Crippen molar-refractivity contribution in [2.45, 2.75) is 45.3 Å². The SMILES string of the molecule is CN/C(C)=C\C(N)=N/c1ncc(C)c(-c2c[nH]c3c(NC)cccc23)n1.O=CCN1CCC(Oc2cncc(NC3CC3)n2)C1. The topological polar surface area (TPSA) is 171 Å². The molecule has 1 aliphatic heterocycles. The molecule has 2 aliphatic rings. The van der Waals surface area contributed by atoms with Crippen LogP contribution in [0, 0.1) is 6.92 Å². The minimum atomic E-state index is 0.102. The number of anilines is 2. The monoisotopic (exact) mass is 611 g/mol. The second-order valence-corrected chi connectivity index (χ2v) is 11.1. The summed E-state index contributed by atoms with van der Waals surface area (Å²) in [6.07, 6.45) is 13.2. The van der Waals surface area contributed by atoms with Gasteiger partial charge in [-0.15, -0.1) is 0 Å². The van der Waals surface area contributed by atoms with E-state index < -0.39 is 0 Å². The number of benzene rings is 1. The van der Waals surface area contributed by atoms with Crippen molar-refractivity contribution in [2.75, 3.05) is 44.4 Å². The van der Waals surface area contributed by atoms with Gasteiger partial charge < -0.3 is 36.2 Å². The molecule has 1 unspecified atom stereocenters. The number of likely N-dealkylation sites (tertiary alicyclic amines) is 1. The maximum Gasteiger partial charge on any atom is 0.251 e. The standard InChI is InChI=1S/C19H23N7.C13H18N4O2/c1-11-9-24-19(25-16(20)8-12(2)21-3)26-17(11)14-10-23-18-13(14)6-5-7-15(18)22-4;18-6-5-17-4-3-11(9-17)19-13-8-14-7-12(16-13)15-10-1-2-10/h5-10,21-23H,1-4H3,(H2,20,24,25,26);6-8,10-11H,1-5,9H2,(H,15,16)/b12-8-;. The van der Waals surface area contributed by atoms with E-state index in [0.717, 1.165) is 70.7 Å². The number of nitrogens with one attached hydrogen (secondary N) is 4. The molecule has 1 aliphatic carbocycles. The Labute approximate surface area is 262 Å². The summed E-state index contributed by atoms with van der Waals surface area (Å²) >= 11 is 0. The van der Waals surface area contributed by atoms with Gasteiger partial charge in [0.1, 0.15) is 24.0 Å². The molecule has 1 saturated heterocycles. The lowest BCUT2D eigenvalue weighted by Gasteiger charge is -2.14. The maximum atomic E-state index is 10.5. The summed E-state index contributed by atoms with van der Waals surface area (Å²) < 4.78 is 5.82. The van der Waals surface area contributed by atoms with Crippen LogP contribution in [-0.4, -0.2) is 87.8 Å². The van der Waals surface area contributed by atoms with Crippen molar-refractivity contribution in [3.8, 4) is 17.1 Å². The van der Waals surface area contributed by atoms with E-state index in [2.05, 4.69) is 56.8 Å². The highest BCUT2D eigenvalue weighted by Gasteiger charge is 2.25. The van der Waals surface area contributed by atoms with Crippen molar-refractivity contribution in [3.05, 3.63) is 60.3 Å². The Bertz CT molecular complexity index is 1680. The van der Waals surface area contributed by atoms with Crippen LogP contribution in [0.15, 0.2) is 59.8 Å². The number of allylic oxidation sites excluding steroid dienone is 1. The number of fused-ring (bicyclic) bond motifs is 1. The number of H-pyrrole nitrogens is 1. The van der Waals surface area contributed by atoms with Gasteiger partial charge in [-0.05, 0) is 50.8 Å². The summed E-state index contributed by atoms with van der Waals surface area (Å²) in [4.78, 5) is 37.6. The molecule has 6 rings (SSSR count). The van der Waals surface area contributed by atoms with Gasteiger partial charge in [0.15, 0.2) is 0 Å². The van der Waals surface area contributed by atoms with Crippen LogP contribution in [-0.2, 0) is 4.79 Å². The van der Waals surface area contributed by atoms with Crippen molar-refractivity contribution < 1.29 is 9.53 Å². The molecule has 2 fully saturated rings. The fraction of sp³-hybridized carbons (Fsp3) is 0.375. The molecule has 13 nitrogen and oxygen atoms in total. The number of ether oxygens (including phenoxy) is 1. The third-order valence-corrected chi connectivity index (χ3v) is 7.58. The van der Waals surface area contributed by atoms with Crippen molar-refractivity contribution in [2.24, 2.45) is 10.7 Å². The van der Waals surface area contributed by atoms with Crippen LogP contribution >= 0.6 is 0 Å². The number of carbonyl (C=O) groups is 1. The Hall–Kier alpha value is -5.04. The molecular weight excluding hydrogens is 570 g/mol. The molecule has 0 bridgehead atoms. The number of para-hydroxylation sites is 1. The van der Waals surface area contributed by atoms with Crippen molar-refractivity contribution in [1.29, 1.82) is 0 Å². The number of hydrogen-bond acceptors (Lipinski definition) is 11. The molecular formula is C32H41N11O2. The predicted octanol–water partition coefficient (Wildman–Crippen LogP) is 3.79. The Morgan fingerprint density at radius 2 is 2.04 bits per heavy atom. The second kappa shape index (κ2) is 14.6. The summed E-state index contributed by atoms with van der Waals surface area (Å²) in [6, 6.07) is 6.67.